The lowest BCUT2D eigenvalue weighted by Crippen LogP contribution is -2.45. The summed E-state index contributed by atoms with van der Waals surface area (Å²) in [7, 11) is 1.51. The van der Waals surface area contributed by atoms with Gasteiger partial charge in [0.25, 0.3) is 5.56 Å². The summed E-state index contributed by atoms with van der Waals surface area (Å²) in [5, 5.41) is 3.13. The minimum Gasteiger partial charge on any atom is -0.495 e. The van der Waals surface area contributed by atoms with Crippen LogP contribution in [0, 0.1) is 0 Å². The molecule has 0 atom stereocenters. The summed E-state index contributed by atoms with van der Waals surface area (Å²) >= 11 is 0. The number of rotatable bonds is 9. The van der Waals surface area contributed by atoms with Crippen molar-refractivity contribution in [1.82, 2.24) is 14.0 Å². The van der Waals surface area contributed by atoms with Gasteiger partial charge in [-0.2, -0.15) is 0 Å². The van der Waals surface area contributed by atoms with Crippen LogP contribution in [0.15, 0.2) is 58.1 Å². The molecule has 1 aromatic heterocycles. The Morgan fingerprint density at radius 1 is 1.00 bits per heavy atom. The second-order valence-electron chi connectivity index (χ2n) is 7.50. The van der Waals surface area contributed by atoms with Gasteiger partial charge in [-0.1, -0.05) is 31.2 Å². The first-order valence-electron chi connectivity index (χ1n) is 10.8. The zero-order valence-electron chi connectivity index (χ0n) is 19.0. The average Bonchev–Trinajstić information content (AvgIpc) is 2.82. The van der Waals surface area contributed by atoms with Crippen molar-refractivity contribution in [2.75, 3.05) is 25.5 Å². The largest absolute Gasteiger partial charge is 0.495 e. The van der Waals surface area contributed by atoms with Gasteiger partial charge in [0.2, 0.25) is 11.8 Å². The molecule has 0 aliphatic heterocycles. The monoisotopic (exact) mass is 452 g/mol. The lowest BCUT2D eigenvalue weighted by Gasteiger charge is -2.23. The molecule has 0 unspecified atom stereocenters. The number of ether oxygens (including phenoxy) is 1. The zero-order valence-corrected chi connectivity index (χ0v) is 19.0. The molecule has 0 radical (unpaired) electrons. The fraction of sp³-hybridized carbons (Fsp3) is 0.333. The van der Waals surface area contributed by atoms with Crippen molar-refractivity contribution in [2.24, 2.45) is 0 Å². The second kappa shape index (κ2) is 10.6. The molecule has 0 spiro atoms. The van der Waals surface area contributed by atoms with E-state index >= 15 is 0 Å². The number of amides is 2. The topological polar surface area (TPSA) is 103 Å². The number of carbonyl (C=O) groups excluding carboxylic acids is 2. The molecule has 0 aliphatic rings. The quantitative estimate of drug-likeness (QED) is 0.535. The lowest BCUT2D eigenvalue weighted by atomic mass is 10.2. The SMILES string of the molecule is CCCN(CC(=O)Nc1ccccc1OC)C(=O)Cn1c(=O)n(CC)c(=O)c2ccccc21. The van der Waals surface area contributed by atoms with Crippen molar-refractivity contribution >= 4 is 28.4 Å². The molecule has 9 heteroatoms. The van der Waals surface area contributed by atoms with Crippen LogP contribution in [-0.4, -0.2) is 46.0 Å². The van der Waals surface area contributed by atoms with Gasteiger partial charge in [0, 0.05) is 13.1 Å². The molecule has 2 aromatic carbocycles. The van der Waals surface area contributed by atoms with Crippen LogP contribution in [0.2, 0.25) is 0 Å². The number of hydrogen-bond donors (Lipinski definition) is 1. The third-order valence-corrected chi connectivity index (χ3v) is 5.30. The molecule has 3 rings (SSSR count). The number of para-hydroxylation sites is 3. The Morgan fingerprint density at radius 2 is 1.70 bits per heavy atom. The van der Waals surface area contributed by atoms with E-state index in [-0.39, 0.29) is 37.0 Å². The molecular weight excluding hydrogens is 424 g/mol. The molecule has 0 bridgehead atoms. The highest BCUT2D eigenvalue weighted by Crippen LogP contribution is 2.22. The molecule has 1 heterocycles. The summed E-state index contributed by atoms with van der Waals surface area (Å²) in [6.45, 7) is 3.69. The molecule has 9 nitrogen and oxygen atoms in total. The Bertz CT molecular complexity index is 1280. The number of nitrogens with one attached hydrogen (secondary N) is 1. The lowest BCUT2D eigenvalue weighted by molar-refractivity contribution is -0.135. The van der Waals surface area contributed by atoms with E-state index < -0.39 is 5.69 Å². The molecule has 2 amide bonds. The molecule has 174 valence electrons. The summed E-state index contributed by atoms with van der Waals surface area (Å²) in [5.41, 5.74) is -0.0422. The van der Waals surface area contributed by atoms with E-state index in [1.807, 2.05) is 6.92 Å². The van der Waals surface area contributed by atoms with Crippen LogP contribution in [-0.2, 0) is 22.7 Å². The molecule has 0 saturated carbocycles. The van der Waals surface area contributed by atoms with Gasteiger partial charge >= 0.3 is 5.69 Å². The number of nitrogens with zero attached hydrogens (tertiary/aromatic N) is 3. The molecular formula is C24H28N4O5. The van der Waals surface area contributed by atoms with E-state index in [4.69, 9.17) is 4.74 Å². The average molecular weight is 453 g/mol. The summed E-state index contributed by atoms with van der Waals surface area (Å²) in [6, 6.07) is 13.7. The number of anilines is 1. The van der Waals surface area contributed by atoms with Gasteiger partial charge in [-0.3, -0.25) is 23.5 Å². The number of hydrogen-bond acceptors (Lipinski definition) is 5. The number of fused-ring (bicyclic) bond motifs is 1. The van der Waals surface area contributed by atoms with Crippen molar-refractivity contribution in [1.29, 1.82) is 0 Å². The van der Waals surface area contributed by atoms with E-state index in [0.29, 0.717) is 35.3 Å². The van der Waals surface area contributed by atoms with E-state index in [1.54, 1.807) is 55.5 Å². The smallest absolute Gasteiger partial charge is 0.331 e. The molecule has 33 heavy (non-hydrogen) atoms. The number of carbonyl (C=O) groups is 2. The van der Waals surface area contributed by atoms with Crippen LogP contribution in [0.4, 0.5) is 5.69 Å². The number of aromatic nitrogens is 2. The highest BCUT2D eigenvalue weighted by molar-refractivity contribution is 5.95. The Labute approximate surface area is 191 Å². The van der Waals surface area contributed by atoms with E-state index in [1.165, 1.54) is 16.6 Å². The third-order valence-electron chi connectivity index (χ3n) is 5.30. The molecule has 0 saturated heterocycles. The van der Waals surface area contributed by atoms with Gasteiger partial charge in [-0.25, -0.2) is 4.79 Å². The summed E-state index contributed by atoms with van der Waals surface area (Å²) in [5.74, 6) is -0.253. The van der Waals surface area contributed by atoms with Crippen LogP contribution in [0.3, 0.4) is 0 Å². The standard InChI is InChI=1S/C24H28N4O5/c1-4-14-26(15-21(29)25-18-11-7-9-13-20(18)33-3)22(30)16-28-19-12-8-6-10-17(19)23(31)27(5-2)24(28)32/h6-13H,4-5,14-16H2,1-3H3,(H,25,29). The predicted octanol–water partition coefficient (Wildman–Crippen LogP) is 2.07. The van der Waals surface area contributed by atoms with Gasteiger partial charge in [-0.05, 0) is 37.6 Å². The first-order chi connectivity index (χ1) is 15.9. The van der Waals surface area contributed by atoms with Crippen LogP contribution in [0.5, 0.6) is 5.75 Å². The van der Waals surface area contributed by atoms with Gasteiger partial charge in [0.05, 0.1) is 30.2 Å². The normalized spacial score (nSPS) is 10.8. The van der Waals surface area contributed by atoms with E-state index in [0.717, 1.165) is 4.57 Å². The van der Waals surface area contributed by atoms with E-state index in [2.05, 4.69) is 5.32 Å². The predicted molar refractivity (Wildman–Crippen MR) is 127 cm³/mol. The number of benzene rings is 2. The highest BCUT2D eigenvalue weighted by atomic mass is 16.5. The van der Waals surface area contributed by atoms with Crippen LogP contribution < -0.4 is 21.3 Å². The Hall–Kier alpha value is -3.88. The first-order valence-corrected chi connectivity index (χ1v) is 10.8. The maximum atomic E-state index is 13.2. The molecule has 0 fully saturated rings. The van der Waals surface area contributed by atoms with Crippen molar-refractivity contribution in [3.8, 4) is 5.75 Å². The van der Waals surface area contributed by atoms with Crippen molar-refractivity contribution in [3.05, 3.63) is 69.4 Å². The maximum Gasteiger partial charge on any atom is 0.331 e. The Morgan fingerprint density at radius 3 is 2.39 bits per heavy atom. The van der Waals surface area contributed by atoms with Crippen molar-refractivity contribution in [3.63, 3.8) is 0 Å². The van der Waals surface area contributed by atoms with Crippen LogP contribution in [0.25, 0.3) is 10.9 Å². The maximum absolute atomic E-state index is 13.2. The second-order valence-corrected chi connectivity index (χ2v) is 7.50. The zero-order chi connectivity index (χ0) is 24.0. The first kappa shape index (κ1) is 23.8. The van der Waals surface area contributed by atoms with E-state index in [9.17, 15) is 19.2 Å². The highest BCUT2D eigenvalue weighted by Gasteiger charge is 2.20. The number of methoxy groups -OCH3 is 1. The molecule has 1 N–H and O–H groups in total. The molecule has 3 aromatic rings. The Balaban J connectivity index is 1.87. The van der Waals surface area contributed by atoms with Crippen molar-refractivity contribution in [2.45, 2.75) is 33.4 Å². The van der Waals surface area contributed by atoms with Gasteiger partial charge in [-0.15, -0.1) is 0 Å². The van der Waals surface area contributed by atoms with Crippen molar-refractivity contribution < 1.29 is 14.3 Å². The van der Waals surface area contributed by atoms with Gasteiger partial charge in [0.15, 0.2) is 0 Å². The minimum atomic E-state index is -0.551. The minimum absolute atomic E-state index is 0.176. The molecule has 0 aliphatic carbocycles. The Kier molecular flexibility index (Phi) is 7.66. The summed E-state index contributed by atoms with van der Waals surface area (Å²) in [4.78, 5) is 52.8. The van der Waals surface area contributed by atoms with Gasteiger partial charge in [0.1, 0.15) is 12.3 Å². The van der Waals surface area contributed by atoms with Gasteiger partial charge < -0.3 is 15.0 Å². The summed E-state index contributed by atoms with van der Waals surface area (Å²) < 4.78 is 7.65. The fourth-order valence-corrected chi connectivity index (χ4v) is 3.71. The van der Waals surface area contributed by atoms with Crippen LogP contribution in [0.1, 0.15) is 20.3 Å². The third kappa shape index (κ3) is 5.14. The van der Waals surface area contributed by atoms with Crippen LogP contribution >= 0.6 is 0 Å². The fourth-order valence-electron chi connectivity index (χ4n) is 3.71. The summed E-state index contributed by atoms with van der Waals surface area (Å²) in [6.07, 6.45) is 0.637.